The van der Waals surface area contributed by atoms with Crippen molar-refractivity contribution in [3.8, 4) is 5.75 Å². The molecule has 0 spiro atoms. The van der Waals surface area contributed by atoms with E-state index in [1.54, 1.807) is 0 Å². The number of benzene rings is 1. The fraction of sp³-hybridized carbons (Fsp3) is 0.524. The Labute approximate surface area is 155 Å². The molecule has 0 unspecified atom stereocenters. The van der Waals surface area contributed by atoms with Gasteiger partial charge >= 0.3 is 5.97 Å². The van der Waals surface area contributed by atoms with Crippen LogP contribution in [0.15, 0.2) is 35.9 Å². The summed E-state index contributed by atoms with van der Waals surface area (Å²) in [6, 6.07) is 7.77. The summed E-state index contributed by atoms with van der Waals surface area (Å²) in [4.78, 5) is 23.4. The first-order chi connectivity index (χ1) is 12.6. The number of hydrogen-bond donors (Lipinski definition) is 1. The zero-order valence-corrected chi connectivity index (χ0v) is 15.6. The normalized spacial score (nSPS) is 13.7. The van der Waals surface area contributed by atoms with Crippen LogP contribution in [0.1, 0.15) is 50.5 Å². The Hall–Kier alpha value is -2.30. The van der Waals surface area contributed by atoms with Gasteiger partial charge < -0.3 is 14.8 Å². The van der Waals surface area contributed by atoms with Gasteiger partial charge in [-0.05, 0) is 63.1 Å². The smallest absolute Gasteiger partial charge is 0.306 e. The third-order valence-electron chi connectivity index (χ3n) is 4.30. The van der Waals surface area contributed by atoms with Gasteiger partial charge in [-0.25, -0.2) is 0 Å². The van der Waals surface area contributed by atoms with E-state index in [9.17, 15) is 9.59 Å². The number of aryl methyl sites for hydroxylation is 1. The van der Waals surface area contributed by atoms with Crippen molar-refractivity contribution in [2.24, 2.45) is 0 Å². The summed E-state index contributed by atoms with van der Waals surface area (Å²) in [7, 11) is 0. The highest BCUT2D eigenvalue weighted by Crippen LogP contribution is 2.19. The highest BCUT2D eigenvalue weighted by molar-refractivity contribution is 5.80. The summed E-state index contributed by atoms with van der Waals surface area (Å²) >= 11 is 0. The van der Waals surface area contributed by atoms with E-state index in [4.69, 9.17) is 9.47 Å². The molecule has 1 aromatic carbocycles. The second-order valence-electron chi connectivity index (χ2n) is 6.64. The Kier molecular flexibility index (Phi) is 8.73. The van der Waals surface area contributed by atoms with Gasteiger partial charge in [0.2, 0.25) is 0 Å². The minimum atomic E-state index is -0.372. The lowest BCUT2D eigenvalue weighted by atomic mass is 9.97. The largest absolute Gasteiger partial charge is 0.494 e. The molecule has 0 fully saturated rings. The molecule has 1 amide bonds. The molecule has 1 aliphatic carbocycles. The number of carbonyl (C=O) groups is 2. The van der Waals surface area contributed by atoms with Crippen LogP contribution in [0.3, 0.4) is 0 Å². The van der Waals surface area contributed by atoms with Gasteiger partial charge in [0, 0.05) is 13.0 Å². The van der Waals surface area contributed by atoms with Crippen molar-refractivity contribution in [1.82, 2.24) is 5.32 Å². The average Bonchev–Trinajstić information content (AvgIpc) is 2.64. The Morgan fingerprint density at radius 1 is 1.23 bits per heavy atom. The van der Waals surface area contributed by atoms with E-state index in [0.29, 0.717) is 19.6 Å². The zero-order valence-electron chi connectivity index (χ0n) is 15.6. The Morgan fingerprint density at radius 2 is 2.12 bits per heavy atom. The van der Waals surface area contributed by atoms with Gasteiger partial charge in [-0.2, -0.15) is 0 Å². The number of carbonyl (C=O) groups excluding carboxylic acids is 2. The molecule has 2 rings (SSSR count). The molecular weight excluding hydrogens is 330 g/mol. The van der Waals surface area contributed by atoms with Crippen molar-refractivity contribution >= 4 is 11.9 Å². The number of nitrogens with one attached hydrogen (secondary N) is 1. The van der Waals surface area contributed by atoms with E-state index < -0.39 is 0 Å². The molecule has 142 valence electrons. The van der Waals surface area contributed by atoms with E-state index >= 15 is 0 Å². The van der Waals surface area contributed by atoms with Crippen LogP contribution < -0.4 is 10.1 Å². The first-order valence-electron chi connectivity index (χ1n) is 9.43. The molecule has 5 heteroatoms. The Balaban J connectivity index is 1.49. The van der Waals surface area contributed by atoms with Crippen LogP contribution in [0.2, 0.25) is 0 Å². The SMILES string of the molecule is Cc1cccc(OCCCC(=O)OCC(=O)NCCC2=CCCCC2)c1. The predicted molar refractivity (Wildman–Crippen MR) is 101 cm³/mol. The molecule has 1 N–H and O–H groups in total. The van der Waals surface area contributed by atoms with Gasteiger partial charge in [0.15, 0.2) is 6.61 Å². The molecule has 0 aromatic heterocycles. The summed E-state index contributed by atoms with van der Waals surface area (Å²) in [6.07, 6.45) is 8.75. The minimum absolute atomic E-state index is 0.212. The number of hydrogen-bond acceptors (Lipinski definition) is 4. The molecule has 0 saturated carbocycles. The van der Waals surface area contributed by atoms with Gasteiger partial charge in [0.05, 0.1) is 6.61 Å². The molecule has 1 aromatic rings. The molecular formula is C21H29NO4. The maximum atomic E-state index is 11.7. The summed E-state index contributed by atoms with van der Waals surface area (Å²) < 4.78 is 10.6. The van der Waals surface area contributed by atoms with Crippen LogP contribution in [0.5, 0.6) is 5.75 Å². The van der Waals surface area contributed by atoms with Crippen LogP contribution in [-0.4, -0.2) is 31.6 Å². The van der Waals surface area contributed by atoms with Crippen LogP contribution >= 0.6 is 0 Å². The van der Waals surface area contributed by atoms with E-state index in [-0.39, 0.29) is 24.9 Å². The average molecular weight is 359 g/mol. The number of esters is 1. The number of amides is 1. The van der Waals surface area contributed by atoms with Gasteiger partial charge in [0.1, 0.15) is 5.75 Å². The molecule has 0 atom stereocenters. The van der Waals surface area contributed by atoms with Gasteiger partial charge in [-0.1, -0.05) is 23.8 Å². The highest BCUT2D eigenvalue weighted by Gasteiger charge is 2.08. The highest BCUT2D eigenvalue weighted by atomic mass is 16.5. The van der Waals surface area contributed by atoms with E-state index in [2.05, 4.69) is 11.4 Å². The van der Waals surface area contributed by atoms with Crippen LogP contribution in [0.25, 0.3) is 0 Å². The summed E-state index contributed by atoms with van der Waals surface area (Å²) in [5.74, 6) is 0.180. The quantitative estimate of drug-likeness (QED) is 0.393. The second kappa shape index (κ2) is 11.3. The fourth-order valence-corrected chi connectivity index (χ4v) is 2.88. The lowest BCUT2D eigenvalue weighted by Gasteiger charge is -2.13. The minimum Gasteiger partial charge on any atom is -0.494 e. The standard InChI is InChI=1S/C21H29NO4/c1-17-7-5-10-19(15-17)25-14-6-11-21(24)26-16-20(23)22-13-12-18-8-3-2-4-9-18/h5,7-8,10,15H,2-4,6,9,11-14,16H2,1H3,(H,22,23). The lowest BCUT2D eigenvalue weighted by molar-refractivity contribution is -0.148. The van der Waals surface area contributed by atoms with Crippen molar-refractivity contribution in [3.05, 3.63) is 41.5 Å². The van der Waals surface area contributed by atoms with E-state index in [1.165, 1.54) is 18.4 Å². The zero-order chi connectivity index (χ0) is 18.6. The van der Waals surface area contributed by atoms with Gasteiger partial charge in [0.25, 0.3) is 5.91 Å². The summed E-state index contributed by atoms with van der Waals surface area (Å²) in [5, 5.41) is 2.80. The topological polar surface area (TPSA) is 64.6 Å². The first kappa shape index (κ1) is 20.0. The van der Waals surface area contributed by atoms with Crippen molar-refractivity contribution in [1.29, 1.82) is 0 Å². The lowest BCUT2D eigenvalue weighted by Crippen LogP contribution is -2.29. The molecule has 0 radical (unpaired) electrons. The Morgan fingerprint density at radius 3 is 2.88 bits per heavy atom. The molecule has 5 nitrogen and oxygen atoms in total. The van der Waals surface area contributed by atoms with Gasteiger partial charge in [-0.3, -0.25) is 9.59 Å². The molecule has 26 heavy (non-hydrogen) atoms. The van der Waals surface area contributed by atoms with E-state index in [1.807, 2.05) is 31.2 Å². The van der Waals surface area contributed by atoms with Crippen LogP contribution in [-0.2, 0) is 14.3 Å². The van der Waals surface area contributed by atoms with Crippen molar-refractivity contribution < 1.29 is 19.1 Å². The molecule has 0 heterocycles. The number of allylic oxidation sites excluding steroid dienone is 1. The van der Waals surface area contributed by atoms with Crippen LogP contribution in [0.4, 0.5) is 0 Å². The van der Waals surface area contributed by atoms with Gasteiger partial charge in [-0.15, -0.1) is 0 Å². The van der Waals surface area contributed by atoms with E-state index in [0.717, 1.165) is 30.6 Å². The fourth-order valence-electron chi connectivity index (χ4n) is 2.88. The molecule has 0 saturated heterocycles. The number of ether oxygens (including phenoxy) is 2. The monoisotopic (exact) mass is 359 g/mol. The first-order valence-corrected chi connectivity index (χ1v) is 9.43. The maximum absolute atomic E-state index is 11.7. The Bertz CT molecular complexity index is 624. The third kappa shape index (κ3) is 8.19. The number of rotatable bonds is 10. The summed E-state index contributed by atoms with van der Waals surface area (Å²) in [5.41, 5.74) is 2.55. The predicted octanol–water partition coefficient (Wildman–Crippen LogP) is 3.70. The van der Waals surface area contributed by atoms with Crippen LogP contribution in [0, 0.1) is 6.92 Å². The van der Waals surface area contributed by atoms with Crippen molar-refractivity contribution in [3.63, 3.8) is 0 Å². The maximum Gasteiger partial charge on any atom is 0.306 e. The van der Waals surface area contributed by atoms with Crippen molar-refractivity contribution in [2.45, 2.75) is 51.9 Å². The summed E-state index contributed by atoms with van der Waals surface area (Å²) in [6.45, 7) is 2.84. The van der Waals surface area contributed by atoms with Crippen molar-refractivity contribution in [2.75, 3.05) is 19.8 Å². The third-order valence-corrected chi connectivity index (χ3v) is 4.30. The molecule has 0 bridgehead atoms. The molecule has 0 aliphatic heterocycles. The molecule has 1 aliphatic rings. The second-order valence-corrected chi connectivity index (χ2v) is 6.64.